The molecule has 0 aliphatic rings. The van der Waals surface area contributed by atoms with E-state index in [9.17, 15) is 8.78 Å². The van der Waals surface area contributed by atoms with E-state index in [1.54, 1.807) is 7.05 Å². The van der Waals surface area contributed by atoms with Gasteiger partial charge in [0.15, 0.2) is 0 Å². The average Bonchev–Trinajstić information content (AvgIpc) is 2.27. The van der Waals surface area contributed by atoms with Crippen LogP contribution in [-0.2, 0) is 4.74 Å². The number of hydrogen-bond donors (Lipinski definition) is 1. The molecule has 1 N–H and O–H groups in total. The fraction of sp³-hybridized carbons (Fsp3) is 0.571. The van der Waals surface area contributed by atoms with Gasteiger partial charge in [-0.1, -0.05) is 13.8 Å². The lowest BCUT2D eigenvalue weighted by Gasteiger charge is -2.30. The number of ether oxygens (including phenoxy) is 1. The highest BCUT2D eigenvalue weighted by atomic mass is 19.1. The minimum atomic E-state index is -0.566. The molecule has 1 aromatic carbocycles. The van der Waals surface area contributed by atoms with E-state index in [0.29, 0.717) is 12.2 Å². The SMILES string of the molecule is CCOC(C(C)C)C(NC)c1cc(F)cc(F)c1. The number of likely N-dealkylation sites (N-methyl/N-ethyl adjacent to an activating group) is 1. The Labute approximate surface area is 107 Å². The first kappa shape index (κ1) is 15.1. The third-order valence-corrected chi connectivity index (χ3v) is 2.90. The molecule has 2 nitrogen and oxygen atoms in total. The summed E-state index contributed by atoms with van der Waals surface area (Å²) in [7, 11) is 1.77. The molecule has 2 unspecified atom stereocenters. The van der Waals surface area contributed by atoms with Crippen LogP contribution in [-0.4, -0.2) is 19.8 Å². The molecule has 0 fully saturated rings. The van der Waals surface area contributed by atoms with Crippen molar-refractivity contribution in [3.8, 4) is 0 Å². The summed E-state index contributed by atoms with van der Waals surface area (Å²) < 4.78 is 32.2. The van der Waals surface area contributed by atoms with Crippen LogP contribution in [0.1, 0.15) is 32.4 Å². The van der Waals surface area contributed by atoms with Crippen molar-refractivity contribution in [2.45, 2.75) is 32.9 Å². The molecule has 0 spiro atoms. The summed E-state index contributed by atoms with van der Waals surface area (Å²) in [5.41, 5.74) is 0.571. The molecule has 0 aromatic heterocycles. The van der Waals surface area contributed by atoms with Crippen LogP contribution < -0.4 is 5.32 Å². The molecule has 0 radical (unpaired) electrons. The topological polar surface area (TPSA) is 21.3 Å². The zero-order valence-corrected chi connectivity index (χ0v) is 11.3. The summed E-state index contributed by atoms with van der Waals surface area (Å²) in [6.45, 7) is 6.54. The molecule has 1 aromatic rings. The van der Waals surface area contributed by atoms with E-state index in [2.05, 4.69) is 5.32 Å². The smallest absolute Gasteiger partial charge is 0.126 e. The fourth-order valence-corrected chi connectivity index (χ4v) is 2.14. The molecule has 102 valence electrons. The van der Waals surface area contributed by atoms with Crippen LogP contribution in [0.15, 0.2) is 18.2 Å². The number of hydrogen-bond acceptors (Lipinski definition) is 2. The van der Waals surface area contributed by atoms with Crippen LogP contribution in [0.25, 0.3) is 0 Å². The van der Waals surface area contributed by atoms with E-state index in [-0.39, 0.29) is 18.1 Å². The monoisotopic (exact) mass is 257 g/mol. The molecular formula is C14H21F2NO. The normalized spacial score (nSPS) is 14.8. The van der Waals surface area contributed by atoms with E-state index in [1.165, 1.54) is 12.1 Å². The predicted octanol–water partition coefficient (Wildman–Crippen LogP) is 3.29. The van der Waals surface area contributed by atoms with Gasteiger partial charge in [-0.25, -0.2) is 8.78 Å². The summed E-state index contributed by atoms with van der Waals surface area (Å²) in [6.07, 6.45) is -0.124. The fourth-order valence-electron chi connectivity index (χ4n) is 2.14. The highest BCUT2D eigenvalue weighted by molar-refractivity contribution is 5.22. The molecule has 0 amide bonds. The minimum Gasteiger partial charge on any atom is -0.376 e. The maximum absolute atomic E-state index is 13.3. The van der Waals surface area contributed by atoms with Gasteiger partial charge in [0.25, 0.3) is 0 Å². The Morgan fingerprint density at radius 2 is 1.72 bits per heavy atom. The first-order chi connectivity index (χ1) is 8.49. The Balaban J connectivity index is 3.06. The summed E-state index contributed by atoms with van der Waals surface area (Å²) in [5, 5.41) is 3.08. The van der Waals surface area contributed by atoms with Gasteiger partial charge in [0, 0.05) is 12.7 Å². The average molecular weight is 257 g/mol. The van der Waals surface area contributed by atoms with Gasteiger partial charge in [-0.15, -0.1) is 0 Å². The molecule has 0 saturated carbocycles. The van der Waals surface area contributed by atoms with Crippen LogP contribution in [0.5, 0.6) is 0 Å². The summed E-state index contributed by atoms with van der Waals surface area (Å²) in [5.74, 6) is -0.887. The minimum absolute atomic E-state index is 0.124. The van der Waals surface area contributed by atoms with Crippen LogP contribution in [0.3, 0.4) is 0 Å². The van der Waals surface area contributed by atoms with Gasteiger partial charge >= 0.3 is 0 Å². The standard InChI is InChI=1S/C14H21F2NO/c1-5-18-14(9(2)3)13(17-4)10-6-11(15)8-12(16)7-10/h6-9,13-14,17H,5H2,1-4H3. The molecule has 1 rings (SSSR count). The van der Waals surface area contributed by atoms with Crippen LogP contribution in [0.2, 0.25) is 0 Å². The molecule has 2 atom stereocenters. The van der Waals surface area contributed by atoms with Crippen LogP contribution >= 0.6 is 0 Å². The number of benzene rings is 1. The van der Waals surface area contributed by atoms with Crippen molar-refractivity contribution >= 4 is 0 Å². The molecule has 4 heteroatoms. The van der Waals surface area contributed by atoms with Crippen molar-refractivity contribution in [1.82, 2.24) is 5.32 Å². The van der Waals surface area contributed by atoms with E-state index >= 15 is 0 Å². The lowest BCUT2D eigenvalue weighted by molar-refractivity contribution is 0.00449. The van der Waals surface area contributed by atoms with Crippen molar-refractivity contribution in [1.29, 1.82) is 0 Å². The number of nitrogens with one attached hydrogen (secondary N) is 1. The third kappa shape index (κ3) is 3.75. The van der Waals surface area contributed by atoms with Crippen molar-refractivity contribution in [2.24, 2.45) is 5.92 Å². The lowest BCUT2D eigenvalue weighted by atomic mass is 9.93. The Hall–Kier alpha value is -1.00. The molecule has 0 aliphatic heterocycles. The Morgan fingerprint density at radius 1 is 1.17 bits per heavy atom. The Morgan fingerprint density at radius 3 is 2.11 bits per heavy atom. The van der Waals surface area contributed by atoms with Gasteiger partial charge < -0.3 is 10.1 Å². The highest BCUT2D eigenvalue weighted by Crippen LogP contribution is 2.25. The largest absolute Gasteiger partial charge is 0.376 e. The van der Waals surface area contributed by atoms with Gasteiger partial charge in [0.05, 0.1) is 12.1 Å². The Kier molecular flexibility index (Phi) is 5.69. The van der Waals surface area contributed by atoms with Crippen LogP contribution in [0.4, 0.5) is 8.78 Å². The number of halogens is 2. The maximum Gasteiger partial charge on any atom is 0.126 e. The zero-order chi connectivity index (χ0) is 13.7. The quantitative estimate of drug-likeness (QED) is 0.844. The van der Waals surface area contributed by atoms with Gasteiger partial charge in [0.2, 0.25) is 0 Å². The summed E-state index contributed by atoms with van der Waals surface area (Å²) in [4.78, 5) is 0. The molecule has 0 aliphatic carbocycles. The Bertz CT molecular complexity index is 362. The molecule has 0 heterocycles. The second-order valence-electron chi connectivity index (χ2n) is 4.63. The van der Waals surface area contributed by atoms with Crippen molar-refractivity contribution < 1.29 is 13.5 Å². The van der Waals surface area contributed by atoms with Crippen molar-refractivity contribution in [3.05, 3.63) is 35.4 Å². The van der Waals surface area contributed by atoms with Crippen molar-refractivity contribution in [3.63, 3.8) is 0 Å². The maximum atomic E-state index is 13.3. The van der Waals surface area contributed by atoms with Crippen molar-refractivity contribution in [2.75, 3.05) is 13.7 Å². The molecule has 0 saturated heterocycles. The predicted molar refractivity (Wildman–Crippen MR) is 68.4 cm³/mol. The second-order valence-corrected chi connectivity index (χ2v) is 4.63. The summed E-state index contributed by atoms with van der Waals surface area (Å²) >= 11 is 0. The van der Waals surface area contributed by atoms with Crippen LogP contribution in [0, 0.1) is 17.6 Å². The number of rotatable bonds is 6. The lowest BCUT2D eigenvalue weighted by Crippen LogP contribution is -2.35. The molecular weight excluding hydrogens is 236 g/mol. The van der Waals surface area contributed by atoms with E-state index < -0.39 is 11.6 Å². The van der Waals surface area contributed by atoms with E-state index in [0.717, 1.165) is 6.07 Å². The summed E-state index contributed by atoms with van der Waals surface area (Å²) in [6, 6.07) is 3.34. The van der Waals surface area contributed by atoms with Gasteiger partial charge in [0.1, 0.15) is 11.6 Å². The van der Waals surface area contributed by atoms with Gasteiger partial charge in [-0.2, -0.15) is 0 Å². The molecule has 18 heavy (non-hydrogen) atoms. The van der Waals surface area contributed by atoms with E-state index in [4.69, 9.17) is 4.74 Å². The van der Waals surface area contributed by atoms with Gasteiger partial charge in [-0.3, -0.25) is 0 Å². The first-order valence-corrected chi connectivity index (χ1v) is 6.24. The second kappa shape index (κ2) is 6.81. The van der Waals surface area contributed by atoms with E-state index in [1.807, 2.05) is 20.8 Å². The third-order valence-electron chi connectivity index (χ3n) is 2.90. The highest BCUT2D eigenvalue weighted by Gasteiger charge is 2.26. The first-order valence-electron chi connectivity index (χ1n) is 6.24. The zero-order valence-electron chi connectivity index (χ0n) is 11.3. The molecule has 0 bridgehead atoms. The van der Waals surface area contributed by atoms with Gasteiger partial charge in [-0.05, 0) is 37.6 Å².